The van der Waals surface area contributed by atoms with Crippen molar-refractivity contribution in [3.8, 4) is 5.75 Å². The first kappa shape index (κ1) is 10.7. The van der Waals surface area contributed by atoms with Gasteiger partial charge in [-0.1, -0.05) is 0 Å². The second kappa shape index (κ2) is 4.23. The molecule has 1 rings (SSSR count). The monoisotopic (exact) mass is 209 g/mol. The van der Waals surface area contributed by atoms with Crippen LogP contribution in [0.25, 0.3) is 6.08 Å². The van der Waals surface area contributed by atoms with Crippen LogP contribution in [0.15, 0.2) is 23.9 Å². The number of nitrogens with zero attached hydrogens (tertiary/aromatic N) is 1. The number of carboxylic acid groups (broad SMARTS) is 2. The maximum absolute atomic E-state index is 10.5. The summed E-state index contributed by atoms with van der Waals surface area (Å²) >= 11 is 0. The third-order valence-electron chi connectivity index (χ3n) is 1.56. The highest BCUT2D eigenvalue weighted by molar-refractivity contribution is 6.16. The molecule has 0 bridgehead atoms. The molecule has 0 fully saturated rings. The Morgan fingerprint density at radius 1 is 1.27 bits per heavy atom. The van der Waals surface area contributed by atoms with E-state index in [9.17, 15) is 14.7 Å². The lowest BCUT2D eigenvalue weighted by molar-refractivity contribution is -0.139. The van der Waals surface area contributed by atoms with Gasteiger partial charge in [0, 0.05) is 6.20 Å². The van der Waals surface area contributed by atoms with E-state index in [0.717, 1.165) is 6.08 Å². The van der Waals surface area contributed by atoms with Crippen LogP contribution in [0.5, 0.6) is 5.75 Å². The SMILES string of the molecule is O=C(O)C(=Cc1ncccc1O)C(=O)O. The number of rotatable bonds is 3. The number of hydrogen-bond donors (Lipinski definition) is 3. The van der Waals surface area contributed by atoms with Crippen LogP contribution in [-0.2, 0) is 9.59 Å². The minimum absolute atomic E-state index is 0.0997. The van der Waals surface area contributed by atoms with Crippen LogP contribution in [-0.4, -0.2) is 32.2 Å². The summed E-state index contributed by atoms with van der Waals surface area (Å²) in [6.45, 7) is 0. The highest BCUT2D eigenvalue weighted by Gasteiger charge is 2.16. The van der Waals surface area contributed by atoms with Crippen molar-refractivity contribution in [2.75, 3.05) is 0 Å². The third kappa shape index (κ3) is 2.53. The van der Waals surface area contributed by atoms with Crippen molar-refractivity contribution in [2.45, 2.75) is 0 Å². The maximum Gasteiger partial charge on any atom is 0.343 e. The van der Waals surface area contributed by atoms with E-state index in [-0.39, 0.29) is 11.4 Å². The van der Waals surface area contributed by atoms with Gasteiger partial charge in [0.05, 0.1) is 0 Å². The smallest absolute Gasteiger partial charge is 0.343 e. The van der Waals surface area contributed by atoms with E-state index in [1.807, 2.05) is 0 Å². The van der Waals surface area contributed by atoms with E-state index >= 15 is 0 Å². The van der Waals surface area contributed by atoms with Crippen molar-refractivity contribution >= 4 is 18.0 Å². The van der Waals surface area contributed by atoms with Crippen molar-refractivity contribution in [3.05, 3.63) is 29.6 Å². The minimum Gasteiger partial charge on any atom is -0.506 e. The molecule has 0 amide bonds. The zero-order valence-corrected chi connectivity index (χ0v) is 7.41. The highest BCUT2D eigenvalue weighted by Crippen LogP contribution is 2.16. The van der Waals surface area contributed by atoms with Crippen LogP contribution in [0.1, 0.15) is 5.69 Å². The van der Waals surface area contributed by atoms with Gasteiger partial charge in [-0.3, -0.25) is 4.98 Å². The highest BCUT2D eigenvalue weighted by atomic mass is 16.4. The average molecular weight is 209 g/mol. The molecule has 3 N–H and O–H groups in total. The molecule has 1 aromatic rings. The van der Waals surface area contributed by atoms with E-state index < -0.39 is 17.5 Å². The lowest BCUT2D eigenvalue weighted by Gasteiger charge is -1.98. The Kier molecular flexibility index (Phi) is 3.02. The Labute approximate surface area is 84.1 Å². The van der Waals surface area contributed by atoms with Gasteiger partial charge in [0.15, 0.2) is 0 Å². The summed E-state index contributed by atoms with van der Waals surface area (Å²) in [4.78, 5) is 24.6. The molecule has 0 aliphatic rings. The second-order valence-corrected chi connectivity index (χ2v) is 2.58. The van der Waals surface area contributed by atoms with Gasteiger partial charge in [-0.05, 0) is 18.2 Å². The summed E-state index contributed by atoms with van der Waals surface area (Å²) < 4.78 is 0. The third-order valence-corrected chi connectivity index (χ3v) is 1.56. The van der Waals surface area contributed by atoms with Crippen molar-refractivity contribution in [2.24, 2.45) is 0 Å². The molecule has 78 valence electrons. The van der Waals surface area contributed by atoms with Crippen LogP contribution in [0, 0.1) is 0 Å². The summed E-state index contributed by atoms with van der Waals surface area (Å²) in [5.74, 6) is -3.46. The number of carbonyl (C=O) groups is 2. The fraction of sp³-hybridized carbons (Fsp3) is 0. The topological polar surface area (TPSA) is 108 Å². The maximum atomic E-state index is 10.5. The van der Waals surface area contributed by atoms with Crippen molar-refractivity contribution < 1.29 is 24.9 Å². The van der Waals surface area contributed by atoms with E-state index in [1.165, 1.54) is 18.3 Å². The van der Waals surface area contributed by atoms with Gasteiger partial charge < -0.3 is 15.3 Å². The molecule has 1 aromatic heterocycles. The molecule has 0 aromatic carbocycles. The van der Waals surface area contributed by atoms with Gasteiger partial charge in [0.25, 0.3) is 0 Å². The lowest BCUT2D eigenvalue weighted by Crippen LogP contribution is -2.11. The summed E-state index contributed by atoms with van der Waals surface area (Å²) in [5.41, 5.74) is -0.957. The average Bonchev–Trinajstić information content (AvgIpc) is 2.15. The van der Waals surface area contributed by atoms with Gasteiger partial charge in [0.2, 0.25) is 0 Å². The van der Waals surface area contributed by atoms with Gasteiger partial charge in [-0.15, -0.1) is 0 Å². The first-order chi connectivity index (χ1) is 7.02. The van der Waals surface area contributed by atoms with Gasteiger partial charge in [0.1, 0.15) is 17.0 Å². The van der Waals surface area contributed by atoms with Crippen LogP contribution in [0.4, 0.5) is 0 Å². The number of aromatic nitrogens is 1. The Hall–Kier alpha value is -2.37. The molecule has 0 saturated carbocycles. The molecule has 6 nitrogen and oxygen atoms in total. The first-order valence-electron chi connectivity index (χ1n) is 3.84. The summed E-state index contributed by atoms with van der Waals surface area (Å²) in [6, 6.07) is 2.72. The quantitative estimate of drug-likeness (QED) is 0.376. The summed E-state index contributed by atoms with van der Waals surface area (Å²) in [5, 5.41) is 26.3. The number of aromatic hydroxyl groups is 1. The van der Waals surface area contributed by atoms with E-state index in [2.05, 4.69) is 4.98 Å². The standard InChI is InChI=1S/C9H7NO5/c11-7-2-1-3-10-6(7)4-5(8(12)13)9(14)15/h1-4,11H,(H,12,13)(H,14,15). The van der Waals surface area contributed by atoms with Crippen LogP contribution in [0.3, 0.4) is 0 Å². The van der Waals surface area contributed by atoms with Crippen molar-refractivity contribution in [1.29, 1.82) is 0 Å². The summed E-state index contributed by atoms with van der Waals surface area (Å²) in [6.07, 6.45) is 2.10. The predicted molar refractivity (Wildman–Crippen MR) is 49.2 cm³/mol. The second-order valence-electron chi connectivity index (χ2n) is 2.58. The van der Waals surface area contributed by atoms with Crippen LogP contribution in [0.2, 0.25) is 0 Å². The molecular weight excluding hydrogens is 202 g/mol. The largest absolute Gasteiger partial charge is 0.506 e. The van der Waals surface area contributed by atoms with Crippen molar-refractivity contribution in [3.63, 3.8) is 0 Å². The number of pyridine rings is 1. The molecule has 6 heteroatoms. The first-order valence-corrected chi connectivity index (χ1v) is 3.84. The van der Waals surface area contributed by atoms with Crippen molar-refractivity contribution in [1.82, 2.24) is 4.98 Å². The molecule has 0 spiro atoms. The normalized spacial score (nSPS) is 9.33. The fourth-order valence-electron chi connectivity index (χ4n) is 0.872. The predicted octanol–water partition coefficient (Wildman–Crippen LogP) is 0.340. The zero-order valence-electron chi connectivity index (χ0n) is 7.41. The van der Waals surface area contributed by atoms with E-state index in [4.69, 9.17) is 10.2 Å². The lowest BCUT2D eigenvalue weighted by atomic mass is 10.2. The minimum atomic E-state index is -1.59. The fourth-order valence-corrected chi connectivity index (χ4v) is 0.872. The summed E-state index contributed by atoms with van der Waals surface area (Å²) in [7, 11) is 0. The van der Waals surface area contributed by atoms with Crippen LogP contribution < -0.4 is 0 Å². The molecule has 0 radical (unpaired) electrons. The number of hydrogen-bond acceptors (Lipinski definition) is 4. The van der Waals surface area contributed by atoms with Gasteiger partial charge in [-0.25, -0.2) is 9.59 Å². The Balaban J connectivity index is 3.19. The van der Waals surface area contributed by atoms with E-state index in [0.29, 0.717) is 0 Å². The molecule has 1 heterocycles. The van der Waals surface area contributed by atoms with E-state index in [1.54, 1.807) is 0 Å². The Morgan fingerprint density at radius 2 is 1.87 bits per heavy atom. The molecular formula is C9H7NO5. The number of aliphatic carboxylic acids is 2. The van der Waals surface area contributed by atoms with Crippen LogP contribution >= 0.6 is 0 Å². The molecule has 0 atom stereocenters. The molecule has 0 aliphatic heterocycles. The van der Waals surface area contributed by atoms with Gasteiger partial charge >= 0.3 is 11.9 Å². The molecule has 0 unspecified atom stereocenters. The molecule has 0 aliphatic carbocycles. The number of carboxylic acids is 2. The Bertz CT molecular complexity index is 422. The zero-order chi connectivity index (χ0) is 11.4. The van der Waals surface area contributed by atoms with Gasteiger partial charge in [-0.2, -0.15) is 0 Å². The Morgan fingerprint density at radius 3 is 2.33 bits per heavy atom. The molecule has 15 heavy (non-hydrogen) atoms. The molecule has 0 saturated heterocycles.